The Morgan fingerprint density at radius 2 is 2.00 bits per heavy atom. The lowest BCUT2D eigenvalue weighted by Gasteiger charge is -2.19. The van der Waals surface area contributed by atoms with E-state index in [1.807, 2.05) is 25.3 Å². The number of nitrogens with zero attached hydrogens (tertiary/aromatic N) is 1. The highest BCUT2D eigenvalue weighted by atomic mass is 15.2. The smallest absolute Gasteiger partial charge is 0.0727 e. The van der Waals surface area contributed by atoms with Crippen molar-refractivity contribution in [1.29, 1.82) is 0 Å². The summed E-state index contributed by atoms with van der Waals surface area (Å²) in [6.07, 6.45) is 2.87. The molecule has 3 N–H and O–H groups in total. The lowest BCUT2D eigenvalue weighted by Crippen LogP contribution is -2.29. The van der Waals surface area contributed by atoms with Crippen molar-refractivity contribution in [2.75, 3.05) is 0 Å². The molecule has 1 aromatic carbocycles. The van der Waals surface area contributed by atoms with Gasteiger partial charge >= 0.3 is 0 Å². The minimum atomic E-state index is -0.00532. The molecule has 0 radical (unpaired) electrons. The summed E-state index contributed by atoms with van der Waals surface area (Å²) < 4.78 is 0. The number of hydrazine groups is 1. The summed E-state index contributed by atoms with van der Waals surface area (Å²) in [6, 6.07) is 12.4. The lowest BCUT2D eigenvalue weighted by molar-refractivity contribution is 0.629. The predicted molar refractivity (Wildman–Crippen MR) is 74.0 cm³/mol. The van der Waals surface area contributed by atoms with Crippen LogP contribution in [0.2, 0.25) is 0 Å². The van der Waals surface area contributed by atoms with Gasteiger partial charge < -0.3 is 0 Å². The van der Waals surface area contributed by atoms with E-state index < -0.39 is 0 Å². The normalized spacial score (nSPS) is 12.4. The highest BCUT2D eigenvalue weighted by Gasteiger charge is 2.15. The molecule has 0 fully saturated rings. The van der Waals surface area contributed by atoms with Gasteiger partial charge in [0.25, 0.3) is 0 Å². The van der Waals surface area contributed by atoms with Gasteiger partial charge in [0.1, 0.15) is 0 Å². The molecule has 94 valence electrons. The molecule has 1 atom stereocenters. The zero-order valence-corrected chi connectivity index (χ0v) is 10.9. The number of nitrogens with two attached hydrogens (primary N) is 1. The molecule has 2 aromatic rings. The Labute approximate surface area is 108 Å². The molecule has 1 unspecified atom stereocenters. The van der Waals surface area contributed by atoms with Crippen molar-refractivity contribution < 1.29 is 0 Å². The van der Waals surface area contributed by atoms with Crippen molar-refractivity contribution in [3.8, 4) is 0 Å². The maximum absolute atomic E-state index is 5.72. The van der Waals surface area contributed by atoms with E-state index in [2.05, 4.69) is 41.6 Å². The van der Waals surface area contributed by atoms with E-state index in [4.69, 9.17) is 5.84 Å². The van der Waals surface area contributed by atoms with Crippen LogP contribution in [0.4, 0.5) is 0 Å². The average Bonchev–Trinajstić information content (AvgIpc) is 2.42. The molecule has 0 saturated carbocycles. The number of aromatic nitrogens is 1. The number of hydrogen-bond donors (Lipinski definition) is 2. The molecule has 1 heterocycles. The van der Waals surface area contributed by atoms with Gasteiger partial charge in [0.05, 0.1) is 6.04 Å². The molecule has 0 spiro atoms. The van der Waals surface area contributed by atoms with Crippen LogP contribution in [0.15, 0.2) is 42.6 Å². The van der Waals surface area contributed by atoms with E-state index in [0.29, 0.717) is 0 Å². The summed E-state index contributed by atoms with van der Waals surface area (Å²) in [6.45, 7) is 4.13. The van der Waals surface area contributed by atoms with Crippen molar-refractivity contribution in [3.05, 3.63) is 65.0 Å². The van der Waals surface area contributed by atoms with Crippen LogP contribution in [0, 0.1) is 6.92 Å². The number of aryl methyl sites for hydroxylation is 2. The summed E-state index contributed by atoms with van der Waals surface area (Å²) in [5.41, 5.74) is 7.51. The Morgan fingerprint density at radius 1 is 1.22 bits per heavy atom. The van der Waals surface area contributed by atoms with E-state index in [9.17, 15) is 0 Å². The van der Waals surface area contributed by atoms with Crippen LogP contribution in [0.25, 0.3) is 0 Å². The quantitative estimate of drug-likeness (QED) is 0.639. The van der Waals surface area contributed by atoms with Gasteiger partial charge in [0, 0.05) is 11.9 Å². The molecule has 1 aromatic heterocycles. The number of pyridine rings is 1. The molecule has 3 nitrogen and oxygen atoms in total. The molecule has 0 saturated heterocycles. The fourth-order valence-electron chi connectivity index (χ4n) is 2.15. The van der Waals surface area contributed by atoms with Gasteiger partial charge in [0.2, 0.25) is 0 Å². The number of rotatable bonds is 4. The number of nitrogens with one attached hydrogen (secondary N) is 1. The summed E-state index contributed by atoms with van der Waals surface area (Å²) >= 11 is 0. The second-order valence-corrected chi connectivity index (χ2v) is 4.38. The van der Waals surface area contributed by atoms with Crippen LogP contribution in [-0.2, 0) is 6.42 Å². The van der Waals surface area contributed by atoms with Crippen LogP contribution in [0.5, 0.6) is 0 Å². The average molecular weight is 241 g/mol. The molecule has 0 amide bonds. The van der Waals surface area contributed by atoms with Gasteiger partial charge in [-0.2, -0.15) is 0 Å². The van der Waals surface area contributed by atoms with Gasteiger partial charge in [0.15, 0.2) is 0 Å². The molecule has 2 rings (SSSR count). The van der Waals surface area contributed by atoms with E-state index in [1.165, 1.54) is 11.1 Å². The fraction of sp³-hybridized carbons (Fsp3) is 0.267. The molecule has 18 heavy (non-hydrogen) atoms. The third-order valence-electron chi connectivity index (χ3n) is 3.18. The van der Waals surface area contributed by atoms with E-state index >= 15 is 0 Å². The van der Waals surface area contributed by atoms with Crippen molar-refractivity contribution >= 4 is 0 Å². The number of hydrogen-bond acceptors (Lipinski definition) is 3. The minimum absolute atomic E-state index is 0.00532. The highest BCUT2D eigenvalue weighted by molar-refractivity contribution is 5.36. The Bertz CT molecular complexity index is 505. The summed E-state index contributed by atoms with van der Waals surface area (Å²) in [5, 5.41) is 0. The third kappa shape index (κ3) is 2.58. The van der Waals surface area contributed by atoms with Gasteiger partial charge in [-0.15, -0.1) is 0 Å². The zero-order valence-electron chi connectivity index (χ0n) is 10.9. The van der Waals surface area contributed by atoms with Crippen LogP contribution in [-0.4, -0.2) is 4.98 Å². The molecule has 0 aliphatic carbocycles. The molecular weight excluding hydrogens is 222 g/mol. The van der Waals surface area contributed by atoms with Crippen LogP contribution in [0.1, 0.15) is 35.3 Å². The van der Waals surface area contributed by atoms with Crippen molar-refractivity contribution in [2.24, 2.45) is 5.84 Å². The molecule has 3 heteroatoms. The minimum Gasteiger partial charge on any atom is -0.271 e. The second-order valence-electron chi connectivity index (χ2n) is 4.38. The summed E-state index contributed by atoms with van der Waals surface area (Å²) in [5.74, 6) is 5.72. The Balaban J connectivity index is 2.41. The Hall–Kier alpha value is -1.71. The standard InChI is InChI=1S/C15H19N3/c1-3-12-6-4-5-7-14(12)15(18-16)13-9-8-11(2)17-10-13/h4-10,15,18H,3,16H2,1-2H3. The first kappa shape index (κ1) is 12.7. The maximum Gasteiger partial charge on any atom is 0.0727 e. The largest absolute Gasteiger partial charge is 0.271 e. The first-order valence-electron chi connectivity index (χ1n) is 6.22. The SMILES string of the molecule is CCc1ccccc1C(NN)c1ccc(C)nc1. The van der Waals surface area contributed by atoms with Crippen molar-refractivity contribution in [2.45, 2.75) is 26.3 Å². The fourth-order valence-corrected chi connectivity index (χ4v) is 2.15. The predicted octanol–water partition coefficient (Wildman–Crippen LogP) is 2.51. The van der Waals surface area contributed by atoms with Gasteiger partial charge in [-0.1, -0.05) is 37.3 Å². The number of benzene rings is 1. The van der Waals surface area contributed by atoms with Crippen LogP contribution >= 0.6 is 0 Å². The zero-order chi connectivity index (χ0) is 13.0. The van der Waals surface area contributed by atoms with Crippen molar-refractivity contribution in [1.82, 2.24) is 10.4 Å². The Morgan fingerprint density at radius 3 is 2.61 bits per heavy atom. The second kappa shape index (κ2) is 5.76. The lowest BCUT2D eigenvalue weighted by atomic mass is 9.94. The van der Waals surface area contributed by atoms with Gasteiger partial charge in [-0.05, 0) is 36.1 Å². The van der Waals surface area contributed by atoms with Crippen LogP contribution < -0.4 is 11.3 Å². The molecule has 0 aliphatic rings. The highest BCUT2D eigenvalue weighted by Crippen LogP contribution is 2.24. The maximum atomic E-state index is 5.72. The van der Waals surface area contributed by atoms with E-state index in [1.54, 1.807) is 0 Å². The monoisotopic (exact) mass is 241 g/mol. The van der Waals surface area contributed by atoms with E-state index in [0.717, 1.165) is 17.7 Å². The summed E-state index contributed by atoms with van der Waals surface area (Å²) in [7, 11) is 0. The first-order chi connectivity index (χ1) is 8.76. The third-order valence-corrected chi connectivity index (χ3v) is 3.18. The topological polar surface area (TPSA) is 50.9 Å². The van der Waals surface area contributed by atoms with Gasteiger partial charge in [-0.3, -0.25) is 10.8 Å². The molecule has 0 bridgehead atoms. The van der Waals surface area contributed by atoms with E-state index in [-0.39, 0.29) is 6.04 Å². The van der Waals surface area contributed by atoms with Crippen molar-refractivity contribution in [3.63, 3.8) is 0 Å². The van der Waals surface area contributed by atoms with Crippen LogP contribution in [0.3, 0.4) is 0 Å². The summed E-state index contributed by atoms with van der Waals surface area (Å²) in [4.78, 5) is 4.33. The molecular formula is C15H19N3. The first-order valence-corrected chi connectivity index (χ1v) is 6.22. The Kier molecular flexibility index (Phi) is 4.07. The molecule has 0 aliphatic heterocycles. The van der Waals surface area contributed by atoms with Gasteiger partial charge in [-0.25, -0.2) is 5.43 Å².